The Morgan fingerprint density at radius 3 is 2.36 bits per heavy atom. The van der Waals surface area contributed by atoms with E-state index in [0.29, 0.717) is 24.7 Å². The zero-order chi connectivity index (χ0) is 8.65. The summed E-state index contributed by atoms with van der Waals surface area (Å²) in [7, 11) is 0. The van der Waals surface area contributed by atoms with Crippen LogP contribution >= 0.6 is 0 Å². The second-order valence-corrected chi connectivity index (χ2v) is 3.87. The largest absolute Gasteiger partial charge is 0.480 e. The zero-order valence-electron chi connectivity index (χ0n) is 7.00. The van der Waals surface area contributed by atoms with Crippen molar-refractivity contribution in [2.75, 3.05) is 0 Å². The van der Waals surface area contributed by atoms with Crippen LogP contribution in [0.25, 0.3) is 0 Å². The number of carboxylic acid groups (broad SMARTS) is 1. The Balaban J connectivity index is 2.44. The SMILES string of the molecule is CC(C)C1CC(N)(C(=O)O)C1. The van der Waals surface area contributed by atoms with Gasteiger partial charge in [0.05, 0.1) is 0 Å². The molecule has 11 heavy (non-hydrogen) atoms. The monoisotopic (exact) mass is 157 g/mol. The molecular weight excluding hydrogens is 142 g/mol. The van der Waals surface area contributed by atoms with Crippen molar-refractivity contribution in [1.82, 2.24) is 0 Å². The highest BCUT2D eigenvalue weighted by Gasteiger charge is 2.47. The summed E-state index contributed by atoms with van der Waals surface area (Å²) in [4.78, 5) is 10.5. The second kappa shape index (κ2) is 2.48. The first-order valence-electron chi connectivity index (χ1n) is 3.98. The third kappa shape index (κ3) is 1.38. The fourth-order valence-corrected chi connectivity index (χ4v) is 1.52. The molecule has 0 aromatic heterocycles. The summed E-state index contributed by atoms with van der Waals surface area (Å²) in [5, 5.41) is 8.67. The van der Waals surface area contributed by atoms with Crippen LogP contribution in [0.3, 0.4) is 0 Å². The Kier molecular flexibility index (Phi) is 1.92. The third-order valence-electron chi connectivity index (χ3n) is 2.62. The standard InChI is InChI=1S/C8H15NO2/c1-5(2)6-3-8(9,4-6)7(10)11/h5-6H,3-4,9H2,1-2H3,(H,10,11). The normalized spacial score (nSPS) is 36.9. The molecule has 1 aliphatic rings. The average Bonchev–Trinajstić information content (AvgIpc) is 1.79. The topological polar surface area (TPSA) is 63.3 Å². The number of hydrogen-bond acceptors (Lipinski definition) is 2. The number of carbonyl (C=O) groups is 1. The number of aliphatic carboxylic acids is 1. The van der Waals surface area contributed by atoms with Crippen molar-refractivity contribution in [3.8, 4) is 0 Å². The van der Waals surface area contributed by atoms with E-state index in [-0.39, 0.29) is 0 Å². The van der Waals surface area contributed by atoms with Gasteiger partial charge in [0.25, 0.3) is 0 Å². The highest BCUT2D eigenvalue weighted by molar-refractivity contribution is 5.79. The summed E-state index contributed by atoms with van der Waals surface area (Å²) in [5.74, 6) is 0.219. The van der Waals surface area contributed by atoms with E-state index in [1.165, 1.54) is 0 Å². The van der Waals surface area contributed by atoms with E-state index in [9.17, 15) is 4.79 Å². The van der Waals surface area contributed by atoms with Crippen LogP contribution in [0, 0.1) is 11.8 Å². The van der Waals surface area contributed by atoms with Crippen LogP contribution in [0.5, 0.6) is 0 Å². The molecule has 64 valence electrons. The van der Waals surface area contributed by atoms with Crippen molar-refractivity contribution in [3.63, 3.8) is 0 Å². The lowest BCUT2D eigenvalue weighted by atomic mass is 9.65. The van der Waals surface area contributed by atoms with Gasteiger partial charge >= 0.3 is 5.97 Å². The van der Waals surface area contributed by atoms with Crippen molar-refractivity contribution in [2.45, 2.75) is 32.2 Å². The summed E-state index contributed by atoms with van der Waals surface area (Å²) in [6.45, 7) is 4.21. The Labute approximate surface area is 66.6 Å². The average molecular weight is 157 g/mol. The summed E-state index contributed by atoms with van der Waals surface area (Å²) >= 11 is 0. The number of nitrogens with two attached hydrogens (primary N) is 1. The van der Waals surface area contributed by atoms with E-state index >= 15 is 0 Å². The number of hydrogen-bond donors (Lipinski definition) is 2. The first-order valence-corrected chi connectivity index (χ1v) is 3.98. The van der Waals surface area contributed by atoms with E-state index < -0.39 is 11.5 Å². The van der Waals surface area contributed by atoms with Gasteiger partial charge in [-0.2, -0.15) is 0 Å². The van der Waals surface area contributed by atoms with Crippen LogP contribution in [0.1, 0.15) is 26.7 Å². The van der Waals surface area contributed by atoms with Crippen LogP contribution in [-0.2, 0) is 4.79 Å². The lowest BCUT2D eigenvalue weighted by molar-refractivity contribution is -0.149. The molecule has 0 spiro atoms. The maximum atomic E-state index is 10.5. The van der Waals surface area contributed by atoms with Gasteiger partial charge in [-0.3, -0.25) is 4.79 Å². The first kappa shape index (κ1) is 8.53. The molecule has 0 heterocycles. The van der Waals surface area contributed by atoms with Crippen molar-refractivity contribution >= 4 is 5.97 Å². The highest BCUT2D eigenvalue weighted by Crippen LogP contribution is 2.40. The van der Waals surface area contributed by atoms with Crippen LogP contribution in [0.15, 0.2) is 0 Å². The molecule has 0 aliphatic heterocycles. The minimum atomic E-state index is -0.908. The van der Waals surface area contributed by atoms with Gasteiger partial charge in [-0.05, 0) is 24.7 Å². The minimum Gasteiger partial charge on any atom is -0.480 e. The van der Waals surface area contributed by atoms with Crippen molar-refractivity contribution in [2.24, 2.45) is 17.6 Å². The van der Waals surface area contributed by atoms with E-state index in [4.69, 9.17) is 10.8 Å². The van der Waals surface area contributed by atoms with Crippen molar-refractivity contribution in [1.29, 1.82) is 0 Å². The van der Waals surface area contributed by atoms with Crippen LogP contribution < -0.4 is 5.73 Å². The fourth-order valence-electron chi connectivity index (χ4n) is 1.52. The zero-order valence-corrected chi connectivity index (χ0v) is 7.00. The van der Waals surface area contributed by atoms with Gasteiger partial charge in [-0.25, -0.2) is 0 Å². The Bertz CT molecular complexity index is 171. The molecule has 3 heteroatoms. The summed E-state index contributed by atoms with van der Waals surface area (Å²) < 4.78 is 0. The molecule has 1 rings (SSSR count). The summed E-state index contributed by atoms with van der Waals surface area (Å²) in [5.41, 5.74) is 4.67. The first-order chi connectivity index (χ1) is 4.96. The van der Waals surface area contributed by atoms with Gasteiger partial charge in [0, 0.05) is 0 Å². The second-order valence-electron chi connectivity index (χ2n) is 3.87. The molecule has 0 unspecified atom stereocenters. The molecule has 1 saturated carbocycles. The van der Waals surface area contributed by atoms with Gasteiger partial charge in [0.15, 0.2) is 0 Å². The molecular formula is C8H15NO2. The highest BCUT2D eigenvalue weighted by atomic mass is 16.4. The molecule has 0 saturated heterocycles. The maximum absolute atomic E-state index is 10.5. The quantitative estimate of drug-likeness (QED) is 0.624. The Morgan fingerprint density at radius 2 is 2.09 bits per heavy atom. The predicted molar refractivity (Wildman–Crippen MR) is 42.1 cm³/mol. The molecule has 1 fully saturated rings. The summed E-state index contributed by atoms with van der Waals surface area (Å²) in [6.07, 6.45) is 1.28. The molecule has 3 N–H and O–H groups in total. The third-order valence-corrected chi connectivity index (χ3v) is 2.62. The van der Waals surface area contributed by atoms with E-state index in [0.717, 1.165) is 0 Å². The van der Waals surface area contributed by atoms with Crippen LogP contribution in [-0.4, -0.2) is 16.6 Å². The maximum Gasteiger partial charge on any atom is 0.323 e. The molecule has 3 nitrogen and oxygen atoms in total. The Morgan fingerprint density at radius 1 is 1.64 bits per heavy atom. The number of carboxylic acids is 1. The molecule has 0 radical (unpaired) electrons. The van der Waals surface area contributed by atoms with Gasteiger partial charge < -0.3 is 10.8 Å². The summed E-state index contributed by atoms with van der Waals surface area (Å²) in [6, 6.07) is 0. The van der Waals surface area contributed by atoms with Gasteiger partial charge in [-0.1, -0.05) is 13.8 Å². The Hall–Kier alpha value is -0.570. The van der Waals surface area contributed by atoms with Gasteiger partial charge in [0.2, 0.25) is 0 Å². The lowest BCUT2D eigenvalue weighted by Crippen LogP contribution is -2.58. The van der Waals surface area contributed by atoms with Crippen molar-refractivity contribution < 1.29 is 9.90 Å². The van der Waals surface area contributed by atoms with Crippen molar-refractivity contribution in [3.05, 3.63) is 0 Å². The van der Waals surface area contributed by atoms with Crippen LogP contribution in [0.4, 0.5) is 0 Å². The van der Waals surface area contributed by atoms with Crippen LogP contribution in [0.2, 0.25) is 0 Å². The van der Waals surface area contributed by atoms with E-state index in [1.807, 2.05) is 0 Å². The molecule has 0 aromatic rings. The predicted octanol–water partition coefficient (Wildman–Crippen LogP) is 0.834. The van der Waals surface area contributed by atoms with Gasteiger partial charge in [-0.15, -0.1) is 0 Å². The van der Waals surface area contributed by atoms with E-state index in [2.05, 4.69) is 13.8 Å². The smallest absolute Gasteiger partial charge is 0.323 e. The molecule has 1 aliphatic carbocycles. The molecule has 0 amide bonds. The van der Waals surface area contributed by atoms with E-state index in [1.54, 1.807) is 0 Å². The minimum absolute atomic E-state index is 0.510. The van der Waals surface area contributed by atoms with Gasteiger partial charge in [0.1, 0.15) is 5.54 Å². The lowest BCUT2D eigenvalue weighted by Gasteiger charge is -2.43. The fraction of sp³-hybridized carbons (Fsp3) is 0.875. The molecule has 0 bridgehead atoms. The molecule has 0 aromatic carbocycles. The molecule has 0 atom stereocenters. The number of rotatable bonds is 2.